The Morgan fingerprint density at radius 2 is 2.11 bits per heavy atom. The second-order valence-electron chi connectivity index (χ2n) is 5.05. The van der Waals surface area contributed by atoms with Crippen LogP contribution >= 0.6 is 0 Å². The van der Waals surface area contributed by atoms with Crippen LogP contribution in [0.3, 0.4) is 0 Å². The Bertz CT molecular complexity index is 414. The summed E-state index contributed by atoms with van der Waals surface area (Å²) in [6, 6.07) is 7.20. The molecule has 0 heterocycles. The highest BCUT2D eigenvalue weighted by Crippen LogP contribution is 2.20. The minimum Gasteiger partial charge on any atom is -0.399 e. The molecule has 1 aliphatic rings. The quantitative estimate of drug-likeness (QED) is 0.802. The van der Waals surface area contributed by atoms with Crippen LogP contribution in [-0.2, 0) is 9.53 Å². The first-order valence-electron chi connectivity index (χ1n) is 7.01. The van der Waals surface area contributed by atoms with Crippen LogP contribution < -0.4 is 11.1 Å². The lowest BCUT2D eigenvalue weighted by molar-refractivity contribution is -0.117. The second kappa shape index (κ2) is 7.14. The maximum absolute atomic E-state index is 11.7. The van der Waals surface area contributed by atoms with Gasteiger partial charge in [0.1, 0.15) is 0 Å². The van der Waals surface area contributed by atoms with Crippen molar-refractivity contribution in [3.05, 3.63) is 24.3 Å². The molecule has 0 aromatic heterocycles. The number of nitrogen functional groups attached to an aromatic ring is 1. The van der Waals surface area contributed by atoms with Crippen molar-refractivity contribution >= 4 is 17.3 Å². The van der Waals surface area contributed by atoms with Gasteiger partial charge in [-0.1, -0.05) is 25.3 Å². The van der Waals surface area contributed by atoms with Crippen molar-refractivity contribution in [1.82, 2.24) is 0 Å². The van der Waals surface area contributed by atoms with Crippen LogP contribution in [0.4, 0.5) is 11.4 Å². The Morgan fingerprint density at radius 1 is 1.32 bits per heavy atom. The maximum Gasteiger partial charge on any atom is 0.226 e. The van der Waals surface area contributed by atoms with Gasteiger partial charge in [0.05, 0.1) is 19.1 Å². The summed E-state index contributed by atoms with van der Waals surface area (Å²) in [4.78, 5) is 11.7. The number of hydrogen-bond donors (Lipinski definition) is 2. The molecule has 0 unspecified atom stereocenters. The van der Waals surface area contributed by atoms with Crippen LogP contribution in [-0.4, -0.2) is 18.6 Å². The predicted molar refractivity (Wildman–Crippen MR) is 76.9 cm³/mol. The molecule has 104 valence electrons. The lowest BCUT2D eigenvalue weighted by atomic mass is 9.98. The summed E-state index contributed by atoms with van der Waals surface area (Å²) in [5.74, 6) is -0.0265. The third-order valence-corrected chi connectivity index (χ3v) is 3.41. The van der Waals surface area contributed by atoms with E-state index in [0.29, 0.717) is 24.8 Å². The van der Waals surface area contributed by atoms with E-state index in [4.69, 9.17) is 10.5 Å². The van der Waals surface area contributed by atoms with Crippen LogP contribution in [0.1, 0.15) is 38.5 Å². The van der Waals surface area contributed by atoms with Crippen molar-refractivity contribution in [2.75, 3.05) is 17.7 Å². The summed E-state index contributed by atoms with van der Waals surface area (Å²) >= 11 is 0. The van der Waals surface area contributed by atoms with E-state index >= 15 is 0 Å². The molecule has 1 amide bonds. The van der Waals surface area contributed by atoms with E-state index < -0.39 is 0 Å². The number of nitrogens with two attached hydrogens (primary N) is 1. The van der Waals surface area contributed by atoms with Gasteiger partial charge in [-0.15, -0.1) is 0 Å². The fourth-order valence-corrected chi connectivity index (χ4v) is 2.39. The number of carbonyl (C=O) groups is 1. The van der Waals surface area contributed by atoms with Crippen molar-refractivity contribution in [3.63, 3.8) is 0 Å². The molecule has 0 atom stereocenters. The minimum absolute atomic E-state index is 0.0265. The molecule has 1 saturated carbocycles. The number of carbonyl (C=O) groups excluding carboxylic acids is 1. The Hall–Kier alpha value is -1.55. The number of ether oxygens (including phenoxy) is 1. The molecule has 1 aliphatic carbocycles. The summed E-state index contributed by atoms with van der Waals surface area (Å²) in [5.41, 5.74) is 7.04. The second-order valence-corrected chi connectivity index (χ2v) is 5.05. The maximum atomic E-state index is 11.7. The first kappa shape index (κ1) is 13.9. The van der Waals surface area contributed by atoms with Gasteiger partial charge < -0.3 is 15.8 Å². The molecule has 19 heavy (non-hydrogen) atoms. The van der Waals surface area contributed by atoms with Crippen molar-refractivity contribution in [3.8, 4) is 0 Å². The molecule has 1 aromatic rings. The Morgan fingerprint density at radius 3 is 2.84 bits per heavy atom. The van der Waals surface area contributed by atoms with E-state index in [-0.39, 0.29) is 5.91 Å². The fraction of sp³-hybridized carbons (Fsp3) is 0.533. The number of benzene rings is 1. The zero-order valence-electron chi connectivity index (χ0n) is 11.2. The molecule has 0 radical (unpaired) electrons. The summed E-state index contributed by atoms with van der Waals surface area (Å²) in [5, 5.41) is 2.82. The monoisotopic (exact) mass is 262 g/mol. The standard InChI is InChI=1S/C15H22N2O2/c16-12-5-4-6-13(11-12)17-15(18)9-10-19-14-7-2-1-3-8-14/h4-6,11,14H,1-3,7-10,16H2,(H,17,18). The third-order valence-electron chi connectivity index (χ3n) is 3.41. The predicted octanol–water partition coefficient (Wildman–Crippen LogP) is 2.95. The van der Waals surface area contributed by atoms with Crippen molar-refractivity contribution in [2.24, 2.45) is 0 Å². The van der Waals surface area contributed by atoms with Crippen LogP contribution in [0, 0.1) is 0 Å². The Balaban J connectivity index is 1.67. The number of rotatable bonds is 5. The Kier molecular flexibility index (Phi) is 5.21. The zero-order chi connectivity index (χ0) is 13.5. The van der Waals surface area contributed by atoms with Crippen LogP contribution in [0.5, 0.6) is 0 Å². The molecule has 0 saturated heterocycles. The lowest BCUT2D eigenvalue weighted by Crippen LogP contribution is -2.20. The van der Waals surface area contributed by atoms with Crippen LogP contribution in [0.2, 0.25) is 0 Å². The van der Waals surface area contributed by atoms with E-state index in [2.05, 4.69) is 5.32 Å². The highest BCUT2D eigenvalue weighted by molar-refractivity contribution is 5.91. The molecule has 2 rings (SSSR count). The van der Waals surface area contributed by atoms with Gasteiger partial charge in [-0.25, -0.2) is 0 Å². The van der Waals surface area contributed by atoms with E-state index in [1.54, 1.807) is 12.1 Å². The third kappa shape index (κ3) is 4.91. The molecular formula is C15H22N2O2. The van der Waals surface area contributed by atoms with Gasteiger partial charge in [0.2, 0.25) is 5.91 Å². The van der Waals surface area contributed by atoms with Gasteiger partial charge in [-0.05, 0) is 31.0 Å². The molecule has 4 heteroatoms. The first-order chi connectivity index (χ1) is 9.24. The van der Waals surface area contributed by atoms with Crippen molar-refractivity contribution in [1.29, 1.82) is 0 Å². The van der Waals surface area contributed by atoms with Crippen LogP contribution in [0.25, 0.3) is 0 Å². The average Bonchev–Trinajstić information content (AvgIpc) is 2.40. The fourth-order valence-electron chi connectivity index (χ4n) is 2.39. The largest absolute Gasteiger partial charge is 0.399 e. The molecule has 0 aliphatic heterocycles. The first-order valence-corrected chi connectivity index (χ1v) is 7.01. The van der Waals surface area contributed by atoms with Crippen molar-refractivity contribution < 1.29 is 9.53 Å². The molecule has 0 bridgehead atoms. The lowest BCUT2D eigenvalue weighted by Gasteiger charge is -2.21. The van der Waals surface area contributed by atoms with Gasteiger partial charge >= 0.3 is 0 Å². The summed E-state index contributed by atoms with van der Waals surface area (Å²) in [6.07, 6.45) is 6.84. The number of nitrogens with one attached hydrogen (secondary N) is 1. The topological polar surface area (TPSA) is 64.3 Å². The average molecular weight is 262 g/mol. The van der Waals surface area contributed by atoms with E-state index in [9.17, 15) is 4.79 Å². The van der Waals surface area contributed by atoms with E-state index in [0.717, 1.165) is 18.5 Å². The molecule has 1 aromatic carbocycles. The smallest absolute Gasteiger partial charge is 0.226 e. The van der Waals surface area contributed by atoms with Crippen LogP contribution in [0.15, 0.2) is 24.3 Å². The van der Waals surface area contributed by atoms with E-state index in [1.807, 2.05) is 12.1 Å². The number of anilines is 2. The number of amides is 1. The van der Waals surface area contributed by atoms with Gasteiger partial charge in [-0.3, -0.25) is 4.79 Å². The minimum atomic E-state index is -0.0265. The Labute approximate surface area is 114 Å². The summed E-state index contributed by atoms with van der Waals surface area (Å²) < 4.78 is 5.73. The van der Waals surface area contributed by atoms with Gasteiger partial charge in [0.15, 0.2) is 0 Å². The van der Waals surface area contributed by atoms with E-state index in [1.165, 1.54) is 19.3 Å². The van der Waals surface area contributed by atoms with Gasteiger partial charge in [-0.2, -0.15) is 0 Å². The highest BCUT2D eigenvalue weighted by Gasteiger charge is 2.14. The number of hydrogen-bond acceptors (Lipinski definition) is 3. The summed E-state index contributed by atoms with van der Waals surface area (Å²) in [7, 11) is 0. The molecule has 3 N–H and O–H groups in total. The molecule has 4 nitrogen and oxygen atoms in total. The molecular weight excluding hydrogens is 240 g/mol. The SMILES string of the molecule is Nc1cccc(NC(=O)CCOC2CCCCC2)c1. The van der Waals surface area contributed by atoms with Crippen molar-refractivity contribution in [2.45, 2.75) is 44.6 Å². The normalized spacial score (nSPS) is 16.2. The summed E-state index contributed by atoms with van der Waals surface area (Å²) in [6.45, 7) is 0.499. The highest BCUT2D eigenvalue weighted by atomic mass is 16.5. The molecule has 1 fully saturated rings. The molecule has 0 spiro atoms. The zero-order valence-corrected chi connectivity index (χ0v) is 11.2. The van der Waals surface area contributed by atoms with Gasteiger partial charge in [0, 0.05) is 11.4 Å². The van der Waals surface area contributed by atoms with Gasteiger partial charge in [0.25, 0.3) is 0 Å².